The number of aromatic amines is 1. The summed E-state index contributed by atoms with van der Waals surface area (Å²) < 4.78 is 5.36. The van der Waals surface area contributed by atoms with Crippen LogP contribution in [0.2, 0.25) is 0 Å². The Morgan fingerprint density at radius 1 is 1.15 bits per heavy atom. The number of benzene rings is 2. The number of nitrogens with zero attached hydrogens (tertiary/aromatic N) is 2. The zero-order chi connectivity index (χ0) is 18.6. The van der Waals surface area contributed by atoms with Crippen molar-refractivity contribution in [2.75, 3.05) is 0 Å². The van der Waals surface area contributed by atoms with E-state index in [1.807, 2.05) is 60.8 Å². The highest BCUT2D eigenvalue weighted by atomic mass is 16.5. The van der Waals surface area contributed by atoms with E-state index in [0.29, 0.717) is 18.7 Å². The minimum atomic E-state index is -1.14. The summed E-state index contributed by atoms with van der Waals surface area (Å²) in [4.78, 5) is 18.9. The molecule has 4 aromatic rings. The number of aromatic nitrogens is 3. The zero-order valence-electron chi connectivity index (χ0n) is 14.4. The first kappa shape index (κ1) is 16.8. The van der Waals surface area contributed by atoms with Gasteiger partial charge in [-0.25, -0.2) is 4.79 Å². The van der Waals surface area contributed by atoms with Crippen molar-refractivity contribution in [2.24, 2.45) is 0 Å². The summed E-state index contributed by atoms with van der Waals surface area (Å²) in [7, 11) is 0. The monoisotopic (exact) mass is 362 g/mol. The van der Waals surface area contributed by atoms with Gasteiger partial charge in [0.2, 0.25) is 5.89 Å². The largest absolute Gasteiger partial charge is 0.465 e. The number of hydrogen-bond donors (Lipinski definition) is 3. The van der Waals surface area contributed by atoms with Crippen molar-refractivity contribution < 1.29 is 14.4 Å². The molecule has 0 saturated carbocycles. The maximum atomic E-state index is 11.3. The molecule has 0 radical (unpaired) electrons. The third-order valence-electron chi connectivity index (χ3n) is 4.38. The van der Waals surface area contributed by atoms with Crippen molar-refractivity contribution in [3.05, 3.63) is 83.6 Å². The van der Waals surface area contributed by atoms with Gasteiger partial charge in [0.15, 0.2) is 5.82 Å². The predicted octanol–water partition coefficient (Wildman–Crippen LogP) is 3.69. The third-order valence-corrected chi connectivity index (χ3v) is 4.38. The normalized spacial score (nSPS) is 12.1. The first-order valence-electron chi connectivity index (χ1n) is 8.60. The molecule has 0 fully saturated rings. The van der Waals surface area contributed by atoms with Gasteiger partial charge in [-0.1, -0.05) is 53.7 Å². The van der Waals surface area contributed by atoms with Crippen LogP contribution < -0.4 is 5.32 Å². The van der Waals surface area contributed by atoms with E-state index >= 15 is 0 Å². The number of para-hydroxylation sites is 1. The molecule has 136 valence electrons. The fourth-order valence-corrected chi connectivity index (χ4v) is 3.13. The summed E-state index contributed by atoms with van der Waals surface area (Å²) in [6, 6.07) is 17.0. The molecule has 7 heteroatoms. The molecule has 0 saturated heterocycles. The van der Waals surface area contributed by atoms with Crippen LogP contribution in [0.15, 0.2) is 65.3 Å². The molecule has 2 heterocycles. The Morgan fingerprint density at radius 3 is 2.74 bits per heavy atom. The quantitative estimate of drug-likeness (QED) is 0.485. The number of nitrogens with one attached hydrogen (secondary N) is 2. The number of carbonyl (C=O) groups is 1. The van der Waals surface area contributed by atoms with Crippen molar-refractivity contribution in [2.45, 2.75) is 18.9 Å². The lowest BCUT2D eigenvalue weighted by Gasteiger charge is -2.12. The minimum Gasteiger partial charge on any atom is -0.465 e. The molecule has 0 aliphatic rings. The first-order chi connectivity index (χ1) is 13.2. The van der Waals surface area contributed by atoms with E-state index < -0.39 is 12.1 Å². The first-order valence-corrected chi connectivity index (χ1v) is 8.60. The molecule has 3 N–H and O–H groups in total. The van der Waals surface area contributed by atoms with Crippen LogP contribution in [0.3, 0.4) is 0 Å². The molecule has 7 nitrogen and oxygen atoms in total. The topological polar surface area (TPSA) is 104 Å². The van der Waals surface area contributed by atoms with Gasteiger partial charge in [0, 0.05) is 29.9 Å². The van der Waals surface area contributed by atoms with Crippen LogP contribution in [0.4, 0.5) is 4.79 Å². The minimum absolute atomic E-state index is 0.258. The Kier molecular flexibility index (Phi) is 4.57. The molecule has 2 aromatic heterocycles. The molecule has 0 spiro atoms. The van der Waals surface area contributed by atoms with Gasteiger partial charge in [0.1, 0.15) is 6.04 Å². The van der Waals surface area contributed by atoms with Crippen LogP contribution in [0, 0.1) is 0 Å². The molecule has 2 aromatic carbocycles. The molecule has 0 unspecified atom stereocenters. The van der Waals surface area contributed by atoms with Crippen LogP contribution in [-0.2, 0) is 12.8 Å². The molecule has 1 amide bonds. The molecule has 1 atom stereocenters. The highest BCUT2D eigenvalue weighted by Crippen LogP contribution is 2.24. The Balaban J connectivity index is 1.58. The lowest BCUT2D eigenvalue weighted by Crippen LogP contribution is -2.28. The second kappa shape index (κ2) is 7.33. The second-order valence-corrected chi connectivity index (χ2v) is 6.28. The van der Waals surface area contributed by atoms with Crippen LogP contribution >= 0.6 is 0 Å². The van der Waals surface area contributed by atoms with Crippen LogP contribution in [0.5, 0.6) is 0 Å². The lowest BCUT2D eigenvalue weighted by atomic mass is 10.0. The van der Waals surface area contributed by atoms with Gasteiger partial charge in [-0.15, -0.1) is 0 Å². The van der Waals surface area contributed by atoms with Gasteiger partial charge in [0.25, 0.3) is 0 Å². The summed E-state index contributed by atoms with van der Waals surface area (Å²) in [6.45, 7) is 0. The molecule has 0 aliphatic heterocycles. The van der Waals surface area contributed by atoms with Gasteiger partial charge in [-0.05, 0) is 17.2 Å². The standard InChI is InChI=1S/C20H18N4O3/c25-20(26)22-17(11-14-12-21-16-9-5-4-8-15(14)16)19-23-18(24-27-19)10-13-6-2-1-3-7-13/h1-9,12,17,21-22H,10-11H2,(H,25,26)/t17-/m0/s1. The van der Waals surface area contributed by atoms with Crippen LogP contribution in [0.1, 0.15) is 28.9 Å². The number of carboxylic acid groups (broad SMARTS) is 1. The summed E-state index contributed by atoms with van der Waals surface area (Å²) in [5, 5.41) is 16.7. The molecule has 27 heavy (non-hydrogen) atoms. The number of H-pyrrole nitrogens is 1. The number of amides is 1. The predicted molar refractivity (Wildman–Crippen MR) is 99.5 cm³/mol. The molecule has 4 rings (SSSR count). The van der Waals surface area contributed by atoms with Gasteiger partial charge in [0.05, 0.1) is 0 Å². The molecular formula is C20H18N4O3. The van der Waals surface area contributed by atoms with Gasteiger partial charge in [-0.3, -0.25) is 0 Å². The third kappa shape index (κ3) is 3.82. The maximum Gasteiger partial charge on any atom is 0.405 e. The van der Waals surface area contributed by atoms with Crippen LogP contribution in [0.25, 0.3) is 10.9 Å². The number of fused-ring (bicyclic) bond motifs is 1. The van der Waals surface area contributed by atoms with Crippen molar-refractivity contribution in [3.8, 4) is 0 Å². The van der Waals surface area contributed by atoms with E-state index in [4.69, 9.17) is 4.52 Å². The van der Waals surface area contributed by atoms with Gasteiger partial charge < -0.3 is 19.9 Å². The summed E-state index contributed by atoms with van der Waals surface area (Å²) in [5.74, 6) is 0.779. The fourth-order valence-electron chi connectivity index (χ4n) is 3.13. The zero-order valence-corrected chi connectivity index (χ0v) is 14.4. The summed E-state index contributed by atoms with van der Waals surface area (Å²) in [5.41, 5.74) is 3.04. The highest BCUT2D eigenvalue weighted by Gasteiger charge is 2.23. The average Bonchev–Trinajstić information content (AvgIpc) is 3.29. The van der Waals surface area contributed by atoms with Gasteiger partial charge in [-0.2, -0.15) is 4.98 Å². The Bertz CT molecular complexity index is 1060. The van der Waals surface area contributed by atoms with Crippen molar-refractivity contribution in [3.63, 3.8) is 0 Å². The van der Waals surface area contributed by atoms with Crippen LogP contribution in [-0.4, -0.2) is 26.3 Å². The molecular weight excluding hydrogens is 344 g/mol. The van der Waals surface area contributed by atoms with E-state index in [2.05, 4.69) is 20.4 Å². The summed E-state index contributed by atoms with van der Waals surface area (Å²) >= 11 is 0. The maximum absolute atomic E-state index is 11.3. The molecule has 0 aliphatic carbocycles. The summed E-state index contributed by atoms with van der Waals surface area (Å²) in [6.07, 6.45) is 1.67. The molecule has 0 bridgehead atoms. The lowest BCUT2D eigenvalue weighted by molar-refractivity contribution is 0.186. The fraction of sp³-hybridized carbons (Fsp3) is 0.150. The second-order valence-electron chi connectivity index (χ2n) is 6.28. The van der Waals surface area contributed by atoms with Gasteiger partial charge >= 0.3 is 6.09 Å². The van der Waals surface area contributed by atoms with E-state index in [1.165, 1.54) is 0 Å². The highest BCUT2D eigenvalue weighted by molar-refractivity contribution is 5.83. The van der Waals surface area contributed by atoms with E-state index in [0.717, 1.165) is 22.0 Å². The van der Waals surface area contributed by atoms with E-state index in [1.54, 1.807) is 0 Å². The Morgan fingerprint density at radius 2 is 1.93 bits per heavy atom. The SMILES string of the molecule is O=C(O)N[C@@H](Cc1c[nH]c2ccccc12)c1nc(Cc2ccccc2)no1. The Labute approximate surface area is 155 Å². The average molecular weight is 362 g/mol. The van der Waals surface area contributed by atoms with E-state index in [-0.39, 0.29) is 5.89 Å². The number of rotatable bonds is 6. The Hall–Kier alpha value is -3.61. The van der Waals surface area contributed by atoms with Crippen molar-refractivity contribution in [1.29, 1.82) is 0 Å². The van der Waals surface area contributed by atoms with Crippen molar-refractivity contribution >= 4 is 17.0 Å². The smallest absolute Gasteiger partial charge is 0.405 e. The van der Waals surface area contributed by atoms with Crippen molar-refractivity contribution in [1.82, 2.24) is 20.4 Å². The van der Waals surface area contributed by atoms with E-state index in [9.17, 15) is 9.90 Å². The number of hydrogen-bond acceptors (Lipinski definition) is 4.